The number of piperidine rings is 4. The number of hydrogen-bond acceptors (Lipinski definition) is 10. The normalized spacial score (nSPS) is 15.1. The minimum Gasteiger partial charge on any atom is -0.356 e. The molecular formula is C43H59Cl2FN8S40Si. The van der Waals surface area contributed by atoms with E-state index in [1.807, 2.05) is 244 Å². The summed E-state index contributed by atoms with van der Waals surface area (Å²) >= 11 is 9.61. The van der Waals surface area contributed by atoms with Crippen LogP contribution in [-0.4, -0.2) is 80.4 Å². The zero-order valence-electron chi connectivity index (χ0n) is 47.2. The first-order valence-electron chi connectivity index (χ1n) is 24.6. The molecule has 4 aromatic rings. The molecule has 4 aliphatic heterocycles. The lowest BCUT2D eigenvalue weighted by Gasteiger charge is -2.46. The van der Waals surface area contributed by atoms with Gasteiger partial charge in [0.15, 0.2) is 0 Å². The average molecular weight is 2090 g/mol. The van der Waals surface area contributed by atoms with Crippen LogP contribution in [0.25, 0.3) is 0 Å². The van der Waals surface area contributed by atoms with Crippen molar-refractivity contribution in [2.45, 2.75) is 47.3 Å². The molecule has 4 bridgehead atoms. The van der Waals surface area contributed by atoms with Crippen LogP contribution in [0.2, 0.25) is 19.6 Å². The average Bonchev–Trinajstić information content (AvgIpc) is 0.824. The number of terminal acetylenes is 1. The van der Waals surface area contributed by atoms with Crippen LogP contribution in [0, 0.1) is 53.4 Å². The quantitative estimate of drug-likeness (QED) is 0.124. The number of nitrogens with zero attached hydrogens (tertiary/aromatic N) is 7. The number of nitrogens with one attached hydrogen (secondary N) is 1. The van der Waals surface area contributed by atoms with E-state index in [1.54, 1.807) is 125 Å². The number of aromatic nitrogens is 4. The number of anilines is 3. The number of pyridine rings is 4. The fourth-order valence-corrected chi connectivity index (χ4v) is 107. The van der Waals surface area contributed by atoms with Crippen molar-refractivity contribution in [2.75, 3.05) is 67.1 Å². The molecule has 52 heteroatoms. The van der Waals surface area contributed by atoms with Gasteiger partial charge >= 0.3 is 0 Å². The summed E-state index contributed by atoms with van der Waals surface area (Å²) in [6.45, 7) is 15.7. The van der Waals surface area contributed by atoms with E-state index in [0.717, 1.165) is 92.8 Å². The predicted octanol–water partition coefficient (Wildman–Crippen LogP) is 8.02. The highest BCUT2D eigenvalue weighted by Crippen LogP contribution is 2.33. The topological polar surface area (TPSA) is 73.3 Å². The van der Waals surface area contributed by atoms with Gasteiger partial charge in [-0.1, -0.05) is 58.5 Å². The Bertz CT molecular complexity index is 4900. The summed E-state index contributed by atoms with van der Waals surface area (Å²) in [5, 5.41) is 3.54. The van der Waals surface area contributed by atoms with Gasteiger partial charge in [-0.3, -0.25) is 0 Å². The molecule has 4 saturated heterocycles. The Balaban J connectivity index is 0.000000694. The SMILES string of the molecule is C.C.C#Cc1ccc(N2CC3CC(CN(c4ccccn4)C3)C2)nc1.C[Si](C)(C)C#Cc1ccc(N2CC3CNCC(C3)C2)nc1.Cl.Cl.Fc1ccccn1.S=S=S=S=S=S=S=S=S=S=S=S=S=S=S=S=S=S=S=S=S=S=S=S=S=S=S=S=S=S=S=S=S=S=S=S=S=S=S=S. The molecule has 0 amide bonds. The maximum absolute atomic E-state index is 11.8. The monoisotopic (exact) mass is 2080 g/mol. The van der Waals surface area contributed by atoms with Crippen molar-refractivity contribution in [1.82, 2.24) is 25.3 Å². The zero-order chi connectivity index (χ0) is 64.5. The number of halogens is 3. The molecule has 0 spiro atoms. The molecule has 4 unspecified atom stereocenters. The van der Waals surface area contributed by atoms with Crippen molar-refractivity contribution >= 4 is 410 Å². The summed E-state index contributed by atoms with van der Waals surface area (Å²) < 4.78 is 11.8. The van der Waals surface area contributed by atoms with E-state index < -0.39 is 14.0 Å². The summed E-state index contributed by atoms with van der Waals surface area (Å²) in [4.78, 5) is 24.3. The molecule has 4 fully saturated rings. The van der Waals surface area contributed by atoms with Crippen molar-refractivity contribution in [3.63, 3.8) is 0 Å². The number of rotatable bonds is 3. The fourth-order valence-electron chi connectivity index (χ4n) is 7.80. The lowest BCUT2D eigenvalue weighted by Crippen LogP contribution is -2.53. The van der Waals surface area contributed by atoms with Crippen LogP contribution in [0.5, 0.6) is 0 Å². The fraction of sp³-hybridized carbons (Fsp3) is 0.442. The Morgan fingerprint density at radius 1 is 0.421 bits per heavy atom. The van der Waals surface area contributed by atoms with E-state index in [9.17, 15) is 4.39 Å². The second-order valence-corrected chi connectivity index (χ2v) is 89.7. The molecule has 4 aliphatic rings. The van der Waals surface area contributed by atoms with E-state index in [4.69, 9.17) is 28.8 Å². The first kappa shape index (κ1) is 97.6. The van der Waals surface area contributed by atoms with Crippen LogP contribution in [0.1, 0.15) is 38.8 Å². The Morgan fingerprint density at radius 2 is 0.726 bits per heavy atom. The van der Waals surface area contributed by atoms with Crippen LogP contribution in [0.15, 0.2) is 85.5 Å². The third-order valence-corrected chi connectivity index (χ3v) is 93.7. The summed E-state index contributed by atoms with van der Waals surface area (Å²) in [5.41, 5.74) is 5.28. The van der Waals surface area contributed by atoms with Crippen molar-refractivity contribution in [3.05, 3.63) is 103 Å². The molecular weight excluding hydrogens is 2030 g/mol. The molecule has 8 nitrogen and oxygen atoms in total. The number of fused-ring (bicyclic) bond motifs is 4. The van der Waals surface area contributed by atoms with E-state index in [-0.39, 0.29) is 39.7 Å². The summed E-state index contributed by atoms with van der Waals surface area (Å²) in [5.74, 6) is 11.6. The van der Waals surface area contributed by atoms with Crippen molar-refractivity contribution < 1.29 is 4.39 Å². The molecule has 536 valence electrons. The predicted molar refractivity (Wildman–Crippen MR) is 530 cm³/mol. The largest absolute Gasteiger partial charge is 0.356 e. The van der Waals surface area contributed by atoms with Gasteiger partial charge in [0.2, 0.25) is 5.95 Å². The van der Waals surface area contributed by atoms with Gasteiger partial charge in [-0.15, -0.1) is 36.8 Å². The van der Waals surface area contributed by atoms with Crippen molar-refractivity contribution in [2.24, 2.45) is 23.7 Å². The van der Waals surface area contributed by atoms with Gasteiger partial charge in [0.1, 0.15) is 25.5 Å². The first-order chi connectivity index (χ1) is 44.6. The third-order valence-electron chi connectivity index (χ3n) is 10.6. The van der Waals surface area contributed by atoms with E-state index in [0.29, 0.717) is 11.8 Å². The van der Waals surface area contributed by atoms with E-state index in [1.165, 1.54) is 42.9 Å². The summed E-state index contributed by atoms with van der Waals surface area (Å²) in [6, 6.07) is 19.0. The summed E-state index contributed by atoms with van der Waals surface area (Å²) in [6.07, 6.45) is 15.1. The Kier molecular flexibility index (Phi) is 67.5. The Hall–Kier alpha value is 4.61. The molecule has 1 N–H and O–H groups in total. The van der Waals surface area contributed by atoms with Crippen LogP contribution in [-0.2, 0) is 360 Å². The van der Waals surface area contributed by atoms with Crippen LogP contribution < -0.4 is 20.0 Å². The highest BCUT2D eigenvalue weighted by atomic mass is 35.5. The second kappa shape index (κ2) is 65.7. The number of hydrogen-bond donors (Lipinski definition) is 1. The van der Waals surface area contributed by atoms with Crippen LogP contribution in [0.3, 0.4) is 0 Å². The van der Waals surface area contributed by atoms with Crippen molar-refractivity contribution in [3.8, 4) is 23.8 Å². The maximum Gasteiger partial charge on any atom is 0.212 e. The van der Waals surface area contributed by atoms with Gasteiger partial charge < -0.3 is 20.0 Å². The van der Waals surface area contributed by atoms with Gasteiger partial charge in [0, 0.05) is 435 Å². The summed E-state index contributed by atoms with van der Waals surface area (Å²) in [7, 11) is 66.1. The highest BCUT2D eigenvalue weighted by molar-refractivity contribution is 8.81. The van der Waals surface area contributed by atoms with Crippen molar-refractivity contribution in [1.29, 1.82) is 0 Å². The molecule has 4 aromatic heterocycles. The third kappa shape index (κ3) is 50.0. The molecule has 0 radical (unpaired) electrons. The minimum absolute atomic E-state index is 0. The van der Waals surface area contributed by atoms with E-state index in [2.05, 4.69) is 101 Å². The Labute approximate surface area is 690 Å². The first-order valence-corrected chi connectivity index (χ1v) is 80.1. The smallest absolute Gasteiger partial charge is 0.212 e. The maximum atomic E-state index is 11.8. The van der Waals surface area contributed by atoms with Crippen LogP contribution >= 0.6 is 24.8 Å². The molecule has 0 aromatic carbocycles. The molecule has 0 saturated carbocycles. The molecule has 8 heterocycles. The van der Waals surface area contributed by atoms with E-state index >= 15 is 0 Å². The zero-order valence-corrected chi connectivity index (χ0v) is 82.5. The van der Waals surface area contributed by atoms with Gasteiger partial charge in [-0.25, -0.2) is 19.9 Å². The minimum atomic E-state index is -1.31. The Morgan fingerprint density at radius 3 is 0.989 bits per heavy atom. The second-order valence-electron chi connectivity index (χ2n) is 17.7. The van der Waals surface area contributed by atoms with Crippen LogP contribution in [0.4, 0.5) is 21.8 Å². The highest BCUT2D eigenvalue weighted by Gasteiger charge is 2.35. The standard InChI is InChI=1S/C19H20N4.C17H25N3Si.C5H4FN.2CH4.2ClH.S40/c1-2-15-6-7-19(21-10-15)23-13-16-9-17(14-23)12-22(11-16)18-5-3-4-8-20-18;1-21(2,3)7-6-14-4-5-17(19-11-14)20-12-15-8-16(13-20)10-18-9-15;6-5-3-1-2-4-7-5;;;;;1-3-5-7-9-11-13-15-17-19-21-23-25-27-29-31-33-35-37-39-40-38-36-34-32-30-28-26-24-22-20-18-16-14-12-10-8-6-4-2/h1,3-8,10,16-17H,9,11-14H2;4-5,11,15-16,18H,8-10,12-13H2,1-3H3;1-4H;2*1H4;2*1H;. The molecule has 0 aliphatic carbocycles. The molecule has 4 atom stereocenters. The van der Waals surface area contributed by atoms with Gasteiger partial charge in [0.05, 0.1) is 0 Å². The molecule has 95 heavy (non-hydrogen) atoms. The lowest BCUT2D eigenvalue weighted by molar-refractivity contribution is 0.249. The molecule has 8 rings (SSSR count). The van der Waals surface area contributed by atoms with Gasteiger partial charge in [0.25, 0.3) is 0 Å². The van der Waals surface area contributed by atoms with Gasteiger partial charge in [-0.2, -0.15) is 4.39 Å². The van der Waals surface area contributed by atoms with Gasteiger partial charge in [-0.05, 0) is 98.1 Å². The lowest BCUT2D eigenvalue weighted by atomic mass is 9.84.